The third-order valence-electron chi connectivity index (χ3n) is 11.8. The van der Waals surface area contributed by atoms with Crippen LogP contribution in [0.15, 0.2) is 48.7 Å². The van der Waals surface area contributed by atoms with Crippen molar-refractivity contribution >= 4 is 28.9 Å². The Hall–Kier alpha value is -5.15. The molecule has 7 rings (SSSR count). The lowest BCUT2D eigenvalue weighted by Gasteiger charge is -2.33. The van der Waals surface area contributed by atoms with Gasteiger partial charge in [-0.3, -0.25) is 9.59 Å². The lowest BCUT2D eigenvalue weighted by atomic mass is 9.80. The fourth-order valence-corrected chi connectivity index (χ4v) is 8.26. The molecule has 1 spiro atoms. The van der Waals surface area contributed by atoms with Gasteiger partial charge in [-0.15, -0.1) is 0 Å². The zero-order valence-electron chi connectivity index (χ0n) is 32.8. The van der Waals surface area contributed by atoms with Gasteiger partial charge >= 0.3 is 6.09 Å². The molecule has 2 aromatic heterocycles. The summed E-state index contributed by atoms with van der Waals surface area (Å²) >= 11 is 0. The normalized spacial score (nSPS) is 22.3. The van der Waals surface area contributed by atoms with Crippen molar-refractivity contribution in [2.75, 3.05) is 33.4 Å². The Morgan fingerprint density at radius 1 is 0.927 bits per heavy atom. The third kappa shape index (κ3) is 7.99. The summed E-state index contributed by atoms with van der Waals surface area (Å²) in [6.45, 7) is 12.8. The predicted octanol–water partition coefficient (Wildman–Crippen LogP) is 6.76. The van der Waals surface area contributed by atoms with E-state index in [0.717, 1.165) is 83.8 Å². The molecule has 5 atom stereocenters. The maximum Gasteiger partial charge on any atom is 0.407 e. The molecule has 0 saturated carbocycles. The second-order valence-electron chi connectivity index (χ2n) is 16.3. The highest BCUT2D eigenvalue weighted by molar-refractivity contribution is 5.86. The van der Waals surface area contributed by atoms with Crippen LogP contribution in [0.5, 0.6) is 0 Å². The van der Waals surface area contributed by atoms with Gasteiger partial charge in [0.15, 0.2) is 0 Å². The Kier molecular flexibility index (Phi) is 11.0. The van der Waals surface area contributed by atoms with Crippen LogP contribution in [0.4, 0.5) is 4.79 Å². The number of methoxy groups -OCH3 is 1. The molecule has 3 saturated heterocycles. The van der Waals surface area contributed by atoms with Crippen LogP contribution in [0.25, 0.3) is 22.3 Å². The van der Waals surface area contributed by atoms with E-state index in [9.17, 15) is 14.4 Å². The van der Waals surface area contributed by atoms with Crippen molar-refractivity contribution in [2.24, 2.45) is 23.2 Å². The number of fused-ring (bicyclic) bond motifs is 1. The molecular formula is C43H53N7O5. The van der Waals surface area contributed by atoms with E-state index in [1.54, 1.807) is 6.20 Å². The number of carbonyl (C=O) groups is 3. The van der Waals surface area contributed by atoms with Crippen LogP contribution in [0.3, 0.4) is 0 Å². The minimum absolute atomic E-state index is 0.0271. The average molecular weight is 748 g/mol. The van der Waals surface area contributed by atoms with Crippen LogP contribution in [0.2, 0.25) is 0 Å². The van der Waals surface area contributed by atoms with Gasteiger partial charge in [0.1, 0.15) is 17.7 Å². The van der Waals surface area contributed by atoms with Crippen LogP contribution in [-0.2, 0) is 19.1 Å². The predicted molar refractivity (Wildman–Crippen MR) is 210 cm³/mol. The van der Waals surface area contributed by atoms with Crippen LogP contribution >= 0.6 is 0 Å². The van der Waals surface area contributed by atoms with Crippen molar-refractivity contribution in [3.05, 3.63) is 71.4 Å². The second-order valence-corrected chi connectivity index (χ2v) is 16.3. The highest BCUT2D eigenvalue weighted by Crippen LogP contribution is 2.48. The summed E-state index contributed by atoms with van der Waals surface area (Å²) in [5.74, 6) is 8.30. The number of carbonyl (C=O) groups excluding carboxylic acids is 3. The largest absolute Gasteiger partial charge is 0.453 e. The summed E-state index contributed by atoms with van der Waals surface area (Å²) in [5.41, 5.74) is 5.29. The number of nitrogens with one attached hydrogen (secondary N) is 3. The van der Waals surface area contributed by atoms with Gasteiger partial charge in [-0.25, -0.2) is 14.8 Å². The number of benzene rings is 2. The number of ether oxygens (including phenoxy) is 2. The summed E-state index contributed by atoms with van der Waals surface area (Å²) in [4.78, 5) is 59.7. The summed E-state index contributed by atoms with van der Waals surface area (Å²) in [6, 6.07) is 13.0. The Bertz CT molecular complexity index is 2080. The number of nitrogens with zero attached hydrogens (tertiary/aromatic N) is 4. The number of hydrogen-bond donors (Lipinski definition) is 3. The SMILES string of the molecule is COC(=O)N[C@H](C(=O)N1CCC[C@H]1c1ncc(-c2ccc(C#Cc3ccc4nc([C@@H]5C[C@@]6(CCCOC6)CN5C(=O)[C@@H](C)C(C)C)[nH]c4c3)cc2)[nH]1)C(C)C. The fourth-order valence-electron chi connectivity index (χ4n) is 8.26. The zero-order valence-corrected chi connectivity index (χ0v) is 32.8. The van der Waals surface area contributed by atoms with Gasteiger partial charge in [0.2, 0.25) is 11.8 Å². The Morgan fingerprint density at radius 2 is 1.69 bits per heavy atom. The number of alkyl carbamates (subject to hydrolysis) is 1. The first-order valence-corrected chi connectivity index (χ1v) is 19.7. The molecule has 3 aliphatic rings. The van der Waals surface area contributed by atoms with Gasteiger partial charge in [0.25, 0.3) is 0 Å². The molecule has 0 radical (unpaired) electrons. The summed E-state index contributed by atoms with van der Waals surface area (Å²) in [6.07, 6.45) is 5.74. The molecule has 0 bridgehead atoms. The van der Waals surface area contributed by atoms with Gasteiger partial charge in [-0.05, 0) is 79.8 Å². The number of aromatic amines is 2. The molecule has 290 valence electrons. The van der Waals surface area contributed by atoms with Gasteiger partial charge in [0.05, 0.1) is 48.7 Å². The lowest BCUT2D eigenvalue weighted by Crippen LogP contribution is -2.51. The van der Waals surface area contributed by atoms with Crippen LogP contribution in [0.1, 0.15) is 102 Å². The molecule has 3 N–H and O–H groups in total. The smallest absolute Gasteiger partial charge is 0.407 e. The van der Waals surface area contributed by atoms with Crippen molar-refractivity contribution in [2.45, 2.75) is 84.8 Å². The van der Waals surface area contributed by atoms with E-state index in [-0.39, 0.29) is 47.1 Å². The van der Waals surface area contributed by atoms with Crippen molar-refractivity contribution in [3.8, 4) is 23.1 Å². The molecule has 3 amide bonds. The Balaban J connectivity index is 1.04. The van der Waals surface area contributed by atoms with E-state index in [1.165, 1.54) is 7.11 Å². The highest BCUT2D eigenvalue weighted by Gasteiger charge is 2.49. The minimum atomic E-state index is -0.682. The summed E-state index contributed by atoms with van der Waals surface area (Å²) < 4.78 is 10.7. The number of H-pyrrole nitrogens is 2. The molecule has 2 aromatic carbocycles. The number of aromatic nitrogens is 4. The fraction of sp³-hybridized carbons (Fsp3) is 0.512. The minimum Gasteiger partial charge on any atom is -0.453 e. The topological polar surface area (TPSA) is 146 Å². The van der Waals surface area contributed by atoms with Crippen LogP contribution < -0.4 is 5.32 Å². The maximum atomic E-state index is 13.7. The number of hydrogen-bond acceptors (Lipinski definition) is 7. The van der Waals surface area contributed by atoms with Gasteiger partial charge in [-0.2, -0.15) is 0 Å². The Labute approximate surface area is 323 Å². The Morgan fingerprint density at radius 3 is 2.40 bits per heavy atom. The van der Waals surface area contributed by atoms with Gasteiger partial charge in [-0.1, -0.05) is 58.6 Å². The monoisotopic (exact) mass is 747 g/mol. The van der Waals surface area contributed by atoms with E-state index < -0.39 is 12.1 Å². The number of imidazole rings is 2. The second kappa shape index (κ2) is 15.9. The van der Waals surface area contributed by atoms with E-state index in [0.29, 0.717) is 19.7 Å². The van der Waals surface area contributed by atoms with Gasteiger partial charge < -0.3 is 34.6 Å². The lowest BCUT2D eigenvalue weighted by molar-refractivity contribution is -0.138. The summed E-state index contributed by atoms with van der Waals surface area (Å²) in [5, 5.41) is 2.70. The molecule has 4 aromatic rings. The van der Waals surface area contributed by atoms with Crippen molar-refractivity contribution in [3.63, 3.8) is 0 Å². The van der Waals surface area contributed by atoms with Crippen LogP contribution in [-0.4, -0.2) is 87.1 Å². The molecule has 0 unspecified atom stereocenters. The van der Waals surface area contributed by atoms with Gasteiger partial charge in [0, 0.05) is 42.2 Å². The molecule has 12 nitrogen and oxygen atoms in total. The zero-order chi connectivity index (χ0) is 38.9. The standard InChI is InChI=1S/C43H53N7O5/c1-26(2)28(5)40(51)50-24-43(18-8-20-55-25-43)22-36(50)39-45-32-17-14-30(21-33(32)46-39)11-10-29-12-15-31(16-13-29)34-23-44-38(47-34)35-9-7-19-49(35)41(52)37(27(3)4)48-42(53)54-6/h12-17,21,23,26-28,35-37H,7-9,18-20,22,24-25H2,1-6H3,(H,44,47)(H,45,46)(H,48,53)/t28-,35-,36-,37-,43-/m0/s1. The summed E-state index contributed by atoms with van der Waals surface area (Å²) in [7, 11) is 1.29. The molecule has 0 aliphatic carbocycles. The highest BCUT2D eigenvalue weighted by atomic mass is 16.5. The average Bonchev–Trinajstić information content (AvgIpc) is 4.01. The number of rotatable bonds is 8. The third-order valence-corrected chi connectivity index (χ3v) is 11.8. The molecule has 3 aliphatic heterocycles. The number of likely N-dealkylation sites (tertiary alicyclic amines) is 2. The van der Waals surface area contributed by atoms with E-state index >= 15 is 0 Å². The quantitative estimate of drug-likeness (QED) is 0.169. The van der Waals surface area contributed by atoms with E-state index in [2.05, 4.69) is 50.9 Å². The molecule has 55 heavy (non-hydrogen) atoms. The first-order valence-electron chi connectivity index (χ1n) is 19.7. The van der Waals surface area contributed by atoms with Crippen molar-refractivity contribution in [1.29, 1.82) is 0 Å². The number of amides is 3. The van der Waals surface area contributed by atoms with E-state index in [4.69, 9.17) is 14.5 Å². The molecular weight excluding hydrogens is 695 g/mol. The first-order chi connectivity index (χ1) is 26.4. The molecule has 12 heteroatoms. The van der Waals surface area contributed by atoms with Crippen LogP contribution in [0, 0.1) is 35.0 Å². The maximum absolute atomic E-state index is 13.7. The van der Waals surface area contributed by atoms with Crippen molar-refractivity contribution < 1.29 is 23.9 Å². The van der Waals surface area contributed by atoms with E-state index in [1.807, 2.05) is 68.1 Å². The first kappa shape index (κ1) is 38.1. The molecule has 5 heterocycles. The molecule has 3 fully saturated rings. The van der Waals surface area contributed by atoms with Crippen molar-refractivity contribution in [1.82, 2.24) is 35.1 Å².